The van der Waals surface area contributed by atoms with E-state index in [1.54, 1.807) is 6.07 Å². The van der Waals surface area contributed by atoms with Crippen molar-refractivity contribution in [1.82, 2.24) is 4.31 Å². The number of piperidine rings is 1. The summed E-state index contributed by atoms with van der Waals surface area (Å²) >= 11 is 0. The lowest BCUT2D eigenvalue weighted by Gasteiger charge is -2.29. The summed E-state index contributed by atoms with van der Waals surface area (Å²) in [5.74, 6) is -0.616. The molecule has 0 spiro atoms. The molecule has 30 heavy (non-hydrogen) atoms. The van der Waals surface area contributed by atoms with Gasteiger partial charge in [0, 0.05) is 18.8 Å². The maximum absolute atomic E-state index is 12.7. The summed E-state index contributed by atoms with van der Waals surface area (Å²) in [5.41, 5.74) is 1.81. The molecule has 3 rings (SSSR count). The predicted octanol–water partition coefficient (Wildman–Crippen LogP) is 3.21. The Labute approximate surface area is 177 Å². The van der Waals surface area contributed by atoms with Gasteiger partial charge in [-0.3, -0.25) is 4.79 Å². The van der Waals surface area contributed by atoms with Crippen molar-refractivity contribution in [3.63, 3.8) is 0 Å². The second kappa shape index (κ2) is 9.40. The fourth-order valence-corrected chi connectivity index (χ4v) is 4.74. The number of benzene rings is 2. The van der Waals surface area contributed by atoms with Gasteiger partial charge >= 0.3 is 5.97 Å². The Hall–Kier alpha value is -2.71. The summed E-state index contributed by atoms with van der Waals surface area (Å²) in [5, 5.41) is 2.66. The fraction of sp³-hybridized carbons (Fsp3) is 0.364. The molecule has 2 aromatic carbocycles. The quantitative estimate of drug-likeness (QED) is 0.711. The number of carbonyl (C=O) groups excluding carboxylic acids is 2. The number of anilines is 1. The first-order valence-corrected chi connectivity index (χ1v) is 11.3. The van der Waals surface area contributed by atoms with E-state index >= 15 is 0 Å². The molecule has 1 amide bonds. The molecule has 1 heterocycles. The number of rotatable bonds is 6. The number of nitrogens with one attached hydrogen (secondary N) is 1. The summed E-state index contributed by atoms with van der Waals surface area (Å²) in [6.07, 6.45) is 1.68. The molecule has 0 bridgehead atoms. The molecule has 1 aliphatic rings. The van der Waals surface area contributed by atoms with Gasteiger partial charge in [-0.15, -0.1) is 0 Å². The highest BCUT2D eigenvalue weighted by atomic mass is 32.2. The van der Waals surface area contributed by atoms with Crippen molar-refractivity contribution in [2.24, 2.45) is 5.92 Å². The zero-order valence-electron chi connectivity index (χ0n) is 17.1. The Bertz CT molecular complexity index is 1010. The molecule has 1 N–H and O–H groups in total. The minimum absolute atomic E-state index is 0.144. The van der Waals surface area contributed by atoms with E-state index in [9.17, 15) is 18.0 Å². The van der Waals surface area contributed by atoms with Crippen molar-refractivity contribution in [3.05, 3.63) is 59.7 Å². The van der Waals surface area contributed by atoms with Crippen LogP contribution in [-0.2, 0) is 19.6 Å². The lowest BCUT2D eigenvalue weighted by atomic mass is 10.0. The molecule has 0 aromatic heterocycles. The van der Waals surface area contributed by atoms with Crippen LogP contribution in [0.25, 0.3) is 0 Å². The van der Waals surface area contributed by atoms with Gasteiger partial charge in [0.2, 0.25) is 10.0 Å². The predicted molar refractivity (Wildman–Crippen MR) is 114 cm³/mol. The summed E-state index contributed by atoms with van der Waals surface area (Å²) in [6, 6.07) is 12.9. The molecule has 0 saturated carbocycles. The van der Waals surface area contributed by atoms with Crippen molar-refractivity contribution in [2.45, 2.75) is 31.6 Å². The van der Waals surface area contributed by atoms with Crippen molar-refractivity contribution >= 4 is 27.6 Å². The van der Waals surface area contributed by atoms with Crippen molar-refractivity contribution in [2.75, 3.05) is 25.0 Å². The zero-order chi connectivity index (χ0) is 21.7. The van der Waals surface area contributed by atoms with E-state index in [0.29, 0.717) is 24.7 Å². The Morgan fingerprint density at radius 2 is 1.77 bits per heavy atom. The van der Waals surface area contributed by atoms with Gasteiger partial charge in [0.1, 0.15) is 0 Å². The number of hydrogen-bond donors (Lipinski definition) is 1. The minimum Gasteiger partial charge on any atom is -0.452 e. The van der Waals surface area contributed by atoms with Crippen molar-refractivity contribution in [1.29, 1.82) is 0 Å². The molecule has 8 heteroatoms. The van der Waals surface area contributed by atoms with Crippen LogP contribution in [0.3, 0.4) is 0 Å². The number of amides is 1. The second-order valence-corrected chi connectivity index (χ2v) is 9.54. The molecule has 2 aromatic rings. The average Bonchev–Trinajstić information content (AvgIpc) is 2.72. The van der Waals surface area contributed by atoms with Crippen LogP contribution < -0.4 is 5.32 Å². The monoisotopic (exact) mass is 430 g/mol. The molecule has 0 atom stereocenters. The number of sulfonamides is 1. The molecule has 1 aliphatic heterocycles. The first kappa shape index (κ1) is 22.0. The van der Waals surface area contributed by atoms with Crippen molar-refractivity contribution < 1.29 is 22.7 Å². The SMILES string of the molecule is Cc1cccc(NC(=O)COC(=O)c2ccc(S(=O)(=O)N3CCC(C)CC3)cc2)c1. The zero-order valence-corrected chi connectivity index (χ0v) is 17.9. The Morgan fingerprint density at radius 1 is 1.10 bits per heavy atom. The van der Waals surface area contributed by atoms with E-state index < -0.39 is 28.5 Å². The summed E-state index contributed by atoms with van der Waals surface area (Å²) in [7, 11) is -3.57. The van der Waals surface area contributed by atoms with Crippen LogP contribution in [0.5, 0.6) is 0 Å². The second-order valence-electron chi connectivity index (χ2n) is 7.60. The van der Waals surface area contributed by atoms with E-state index in [-0.39, 0.29) is 10.5 Å². The maximum atomic E-state index is 12.7. The number of aryl methyl sites for hydroxylation is 1. The highest BCUT2D eigenvalue weighted by Gasteiger charge is 2.28. The molecule has 1 saturated heterocycles. The smallest absolute Gasteiger partial charge is 0.338 e. The molecule has 1 fully saturated rings. The lowest BCUT2D eigenvalue weighted by molar-refractivity contribution is -0.119. The Kier molecular flexibility index (Phi) is 6.89. The third-order valence-electron chi connectivity index (χ3n) is 5.11. The van der Waals surface area contributed by atoms with E-state index in [4.69, 9.17) is 4.74 Å². The number of carbonyl (C=O) groups is 2. The first-order valence-electron chi connectivity index (χ1n) is 9.89. The van der Waals surface area contributed by atoms with Crippen LogP contribution in [0.2, 0.25) is 0 Å². The molecule has 0 unspecified atom stereocenters. The van der Waals surface area contributed by atoms with Gasteiger partial charge in [-0.2, -0.15) is 4.31 Å². The van der Waals surface area contributed by atoms with Gasteiger partial charge < -0.3 is 10.1 Å². The third-order valence-corrected chi connectivity index (χ3v) is 7.02. The standard InChI is InChI=1S/C22H26N2O5S/c1-16-10-12-24(13-11-16)30(27,28)20-8-6-18(7-9-20)22(26)29-15-21(25)23-19-5-3-4-17(2)14-19/h3-9,14,16H,10-13,15H2,1-2H3,(H,23,25). The van der Waals surface area contributed by atoms with E-state index in [1.165, 1.54) is 28.6 Å². The third kappa shape index (κ3) is 5.46. The van der Waals surface area contributed by atoms with Gasteiger partial charge in [0.15, 0.2) is 6.61 Å². The van der Waals surface area contributed by atoms with Crippen LogP contribution in [0.4, 0.5) is 5.69 Å². The van der Waals surface area contributed by atoms with E-state index in [2.05, 4.69) is 12.2 Å². The number of esters is 1. The molecule has 0 radical (unpaired) electrons. The normalized spacial score (nSPS) is 15.5. The highest BCUT2D eigenvalue weighted by molar-refractivity contribution is 7.89. The summed E-state index contributed by atoms with van der Waals surface area (Å²) in [6.45, 7) is 4.60. The number of hydrogen-bond acceptors (Lipinski definition) is 5. The highest BCUT2D eigenvalue weighted by Crippen LogP contribution is 2.23. The number of ether oxygens (including phenoxy) is 1. The van der Waals surface area contributed by atoms with E-state index in [1.807, 2.05) is 25.1 Å². The van der Waals surface area contributed by atoms with Crippen LogP contribution in [0.15, 0.2) is 53.4 Å². The van der Waals surface area contributed by atoms with Crippen LogP contribution >= 0.6 is 0 Å². The Morgan fingerprint density at radius 3 is 2.40 bits per heavy atom. The number of nitrogens with zero attached hydrogens (tertiary/aromatic N) is 1. The average molecular weight is 431 g/mol. The minimum atomic E-state index is -3.57. The molecule has 7 nitrogen and oxygen atoms in total. The van der Waals surface area contributed by atoms with Crippen molar-refractivity contribution in [3.8, 4) is 0 Å². The van der Waals surface area contributed by atoms with Gasteiger partial charge in [-0.25, -0.2) is 13.2 Å². The molecule has 0 aliphatic carbocycles. The largest absolute Gasteiger partial charge is 0.452 e. The van der Waals surface area contributed by atoms with Gasteiger partial charge in [0.05, 0.1) is 10.5 Å². The van der Waals surface area contributed by atoms with Crippen LogP contribution in [-0.4, -0.2) is 44.3 Å². The molecular weight excluding hydrogens is 404 g/mol. The summed E-state index contributed by atoms with van der Waals surface area (Å²) < 4.78 is 32.0. The summed E-state index contributed by atoms with van der Waals surface area (Å²) in [4.78, 5) is 24.3. The van der Waals surface area contributed by atoms with E-state index in [0.717, 1.165) is 18.4 Å². The molecule has 160 valence electrons. The fourth-order valence-electron chi connectivity index (χ4n) is 3.27. The van der Waals surface area contributed by atoms with Gasteiger partial charge in [0.25, 0.3) is 5.91 Å². The topological polar surface area (TPSA) is 92.8 Å². The lowest BCUT2D eigenvalue weighted by Crippen LogP contribution is -2.37. The van der Waals surface area contributed by atoms with Crippen LogP contribution in [0, 0.1) is 12.8 Å². The van der Waals surface area contributed by atoms with Gasteiger partial charge in [-0.1, -0.05) is 19.1 Å². The maximum Gasteiger partial charge on any atom is 0.338 e. The molecular formula is C22H26N2O5S. The van der Waals surface area contributed by atoms with Crippen LogP contribution in [0.1, 0.15) is 35.7 Å². The Balaban J connectivity index is 1.56. The first-order chi connectivity index (χ1) is 14.3. The van der Waals surface area contributed by atoms with Gasteiger partial charge in [-0.05, 0) is 67.6 Å².